The van der Waals surface area contributed by atoms with Crippen molar-refractivity contribution < 1.29 is 14.3 Å². The monoisotopic (exact) mass is 297 g/mol. The average molecular weight is 297 g/mol. The highest BCUT2D eigenvalue weighted by Crippen LogP contribution is 2.36. The van der Waals surface area contributed by atoms with Crippen LogP contribution in [-0.4, -0.2) is 33.6 Å². The van der Waals surface area contributed by atoms with Crippen molar-refractivity contribution in [2.75, 3.05) is 11.4 Å². The number of rotatable bonds is 3. The van der Waals surface area contributed by atoms with E-state index in [1.54, 1.807) is 4.90 Å². The van der Waals surface area contributed by atoms with Crippen molar-refractivity contribution in [3.05, 3.63) is 30.1 Å². The van der Waals surface area contributed by atoms with E-state index in [9.17, 15) is 9.90 Å². The van der Waals surface area contributed by atoms with E-state index in [4.69, 9.17) is 4.42 Å². The zero-order valence-electron chi connectivity index (χ0n) is 12.1. The molecule has 4 rings (SSSR count). The maximum Gasteiger partial charge on any atom is 0.326 e. The SMILES string of the molecule is CCc1nc(N2CCC2C(=O)O)c2oc3ccccc3c2n1. The molecule has 22 heavy (non-hydrogen) atoms. The van der Waals surface area contributed by atoms with Gasteiger partial charge in [-0.1, -0.05) is 19.1 Å². The third-order valence-corrected chi connectivity index (χ3v) is 4.14. The number of hydrogen-bond donors (Lipinski definition) is 1. The number of carboxylic acids is 1. The summed E-state index contributed by atoms with van der Waals surface area (Å²) in [5, 5.41) is 10.2. The molecule has 1 aliphatic rings. The lowest BCUT2D eigenvalue weighted by molar-refractivity contribution is -0.140. The summed E-state index contributed by atoms with van der Waals surface area (Å²) in [5.41, 5.74) is 2.08. The molecule has 3 aromatic rings. The Hall–Kier alpha value is -2.63. The number of carbonyl (C=O) groups is 1. The van der Waals surface area contributed by atoms with Crippen LogP contribution in [0, 0.1) is 0 Å². The average Bonchev–Trinajstić information content (AvgIpc) is 2.84. The third-order valence-electron chi connectivity index (χ3n) is 4.14. The summed E-state index contributed by atoms with van der Waals surface area (Å²) in [6.45, 7) is 2.65. The molecule has 3 heterocycles. The highest BCUT2D eigenvalue weighted by Gasteiger charge is 2.37. The number of carboxylic acid groups (broad SMARTS) is 1. The number of aliphatic carboxylic acids is 1. The second kappa shape index (κ2) is 4.69. The van der Waals surface area contributed by atoms with Crippen molar-refractivity contribution in [1.29, 1.82) is 0 Å². The smallest absolute Gasteiger partial charge is 0.326 e. The zero-order valence-corrected chi connectivity index (χ0v) is 12.1. The van der Waals surface area contributed by atoms with Crippen LogP contribution >= 0.6 is 0 Å². The second-order valence-electron chi connectivity index (χ2n) is 5.43. The van der Waals surface area contributed by atoms with Crippen molar-refractivity contribution >= 4 is 33.9 Å². The molecule has 1 atom stereocenters. The van der Waals surface area contributed by atoms with Crippen molar-refractivity contribution in [2.45, 2.75) is 25.8 Å². The molecule has 0 bridgehead atoms. The zero-order chi connectivity index (χ0) is 15.3. The molecule has 0 spiro atoms. The molecule has 0 saturated carbocycles. The number of anilines is 1. The third kappa shape index (κ3) is 1.76. The molecule has 1 unspecified atom stereocenters. The van der Waals surface area contributed by atoms with Crippen LogP contribution in [0.25, 0.3) is 22.1 Å². The standard InChI is InChI=1S/C16H15N3O3/c1-2-12-17-13-9-5-3-4-6-11(9)22-14(13)15(18-12)19-8-7-10(19)16(20)21/h3-6,10H,2,7-8H2,1H3,(H,20,21). The van der Waals surface area contributed by atoms with Crippen LogP contribution in [0.2, 0.25) is 0 Å². The maximum absolute atomic E-state index is 11.3. The molecule has 1 aromatic carbocycles. The first kappa shape index (κ1) is 13.1. The van der Waals surface area contributed by atoms with Crippen LogP contribution in [0.1, 0.15) is 19.2 Å². The highest BCUT2D eigenvalue weighted by molar-refractivity contribution is 6.06. The number of nitrogens with zero attached hydrogens (tertiary/aromatic N) is 3. The Morgan fingerprint density at radius 2 is 2.23 bits per heavy atom. The number of aryl methyl sites for hydroxylation is 1. The molecule has 1 fully saturated rings. The normalized spacial score (nSPS) is 17.9. The number of aromatic nitrogens is 2. The molecule has 1 N–H and O–H groups in total. The summed E-state index contributed by atoms with van der Waals surface area (Å²) in [5.74, 6) is 0.467. The first-order valence-corrected chi connectivity index (χ1v) is 7.36. The Balaban J connectivity index is 1.98. The molecular weight excluding hydrogens is 282 g/mol. The lowest BCUT2D eigenvalue weighted by Gasteiger charge is -2.38. The van der Waals surface area contributed by atoms with Gasteiger partial charge in [0.25, 0.3) is 0 Å². The Kier molecular flexibility index (Phi) is 2.79. The summed E-state index contributed by atoms with van der Waals surface area (Å²) in [4.78, 5) is 22.2. The van der Waals surface area contributed by atoms with E-state index in [1.165, 1.54) is 0 Å². The van der Waals surface area contributed by atoms with Gasteiger partial charge < -0.3 is 14.4 Å². The lowest BCUT2D eigenvalue weighted by atomic mass is 10.0. The molecule has 0 amide bonds. The first-order chi connectivity index (χ1) is 10.7. The molecule has 6 heteroatoms. The van der Waals surface area contributed by atoms with Gasteiger partial charge in [0, 0.05) is 18.4 Å². The quantitative estimate of drug-likeness (QED) is 0.800. The van der Waals surface area contributed by atoms with Crippen LogP contribution < -0.4 is 4.90 Å². The molecular formula is C16H15N3O3. The van der Waals surface area contributed by atoms with Crippen molar-refractivity contribution in [3.8, 4) is 0 Å². The van der Waals surface area contributed by atoms with Gasteiger partial charge in [-0.3, -0.25) is 0 Å². The van der Waals surface area contributed by atoms with Gasteiger partial charge in [0.15, 0.2) is 11.4 Å². The molecule has 0 aliphatic carbocycles. The van der Waals surface area contributed by atoms with Crippen LogP contribution in [0.3, 0.4) is 0 Å². The fraction of sp³-hybridized carbons (Fsp3) is 0.312. The predicted molar refractivity (Wildman–Crippen MR) is 82.1 cm³/mol. The summed E-state index contributed by atoms with van der Waals surface area (Å²) in [6, 6.07) is 7.16. The molecule has 0 radical (unpaired) electrons. The van der Waals surface area contributed by atoms with Gasteiger partial charge in [0.2, 0.25) is 0 Å². The highest BCUT2D eigenvalue weighted by atomic mass is 16.4. The Morgan fingerprint density at radius 1 is 1.41 bits per heavy atom. The van der Waals surface area contributed by atoms with E-state index < -0.39 is 12.0 Å². The molecule has 1 aliphatic heterocycles. The first-order valence-electron chi connectivity index (χ1n) is 7.36. The number of para-hydroxylation sites is 1. The topological polar surface area (TPSA) is 79.5 Å². The van der Waals surface area contributed by atoms with Crippen molar-refractivity contribution in [1.82, 2.24) is 9.97 Å². The van der Waals surface area contributed by atoms with E-state index >= 15 is 0 Å². The van der Waals surface area contributed by atoms with E-state index in [1.807, 2.05) is 31.2 Å². The second-order valence-corrected chi connectivity index (χ2v) is 5.43. The van der Waals surface area contributed by atoms with Crippen LogP contribution in [0.4, 0.5) is 5.82 Å². The number of furan rings is 1. The van der Waals surface area contributed by atoms with Gasteiger partial charge in [-0.2, -0.15) is 0 Å². The predicted octanol–water partition coefficient (Wildman–Crippen LogP) is 2.60. The summed E-state index contributed by atoms with van der Waals surface area (Å²) < 4.78 is 5.91. The fourth-order valence-corrected chi connectivity index (χ4v) is 2.87. The largest absolute Gasteiger partial charge is 0.480 e. The van der Waals surface area contributed by atoms with Gasteiger partial charge in [-0.25, -0.2) is 14.8 Å². The molecule has 2 aromatic heterocycles. The number of hydrogen-bond acceptors (Lipinski definition) is 5. The number of benzene rings is 1. The maximum atomic E-state index is 11.3. The van der Waals surface area contributed by atoms with E-state index in [2.05, 4.69) is 9.97 Å². The Morgan fingerprint density at radius 3 is 2.91 bits per heavy atom. The van der Waals surface area contributed by atoms with Crippen LogP contribution in [0.5, 0.6) is 0 Å². The Bertz CT molecular complexity index is 887. The van der Waals surface area contributed by atoms with Gasteiger partial charge in [0.05, 0.1) is 0 Å². The summed E-state index contributed by atoms with van der Waals surface area (Å²) in [7, 11) is 0. The van der Waals surface area contributed by atoms with E-state index in [0.29, 0.717) is 36.6 Å². The molecule has 1 saturated heterocycles. The Labute approximate surface area is 126 Å². The summed E-state index contributed by atoms with van der Waals surface area (Å²) >= 11 is 0. The number of fused-ring (bicyclic) bond motifs is 3. The minimum absolute atomic E-state index is 0.531. The van der Waals surface area contributed by atoms with E-state index in [-0.39, 0.29) is 0 Å². The van der Waals surface area contributed by atoms with Crippen molar-refractivity contribution in [2.24, 2.45) is 0 Å². The molecule has 112 valence electrons. The minimum atomic E-state index is -0.827. The van der Waals surface area contributed by atoms with E-state index in [0.717, 1.165) is 16.5 Å². The van der Waals surface area contributed by atoms with Gasteiger partial charge in [-0.15, -0.1) is 0 Å². The van der Waals surface area contributed by atoms with Crippen molar-refractivity contribution in [3.63, 3.8) is 0 Å². The summed E-state index contributed by atoms with van der Waals surface area (Å²) in [6.07, 6.45) is 1.32. The van der Waals surface area contributed by atoms with Gasteiger partial charge >= 0.3 is 5.97 Å². The lowest BCUT2D eigenvalue weighted by Crippen LogP contribution is -2.53. The van der Waals surface area contributed by atoms with Gasteiger partial charge in [0.1, 0.15) is 23.0 Å². The van der Waals surface area contributed by atoms with Gasteiger partial charge in [-0.05, 0) is 18.6 Å². The minimum Gasteiger partial charge on any atom is -0.480 e. The molecule has 6 nitrogen and oxygen atoms in total. The fourth-order valence-electron chi connectivity index (χ4n) is 2.87. The van der Waals surface area contributed by atoms with Crippen LogP contribution in [0.15, 0.2) is 28.7 Å². The van der Waals surface area contributed by atoms with Crippen LogP contribution in [-0.2, 0) is 11.2 Å².